The molecule has 208 valence electrons. The minimum atomic E-state index is -3.15. The van der Waals surface area contributed by atoms with Crippen LogP contribution in [0.3, 0.4) is 0 Å². The number of carbonyl (C=O) groups excluding carboxylic acids is 1. The predicted octanol–water partition coefficient (Wildman–Crippen LogP) is 5.10. The molecule has 6 rings (SSSR count). The zero-order chi connectivity index (χ0) is 28.7. The van der Waals surface area contributed by atoms with E-state index in [9.17, 15) is 18.8 Å². The fourth-order valence-electron chi connectivity index (χ4n) is 5.03. The molecule has 4 aromatic rings. The van der Waals surface area contributed by atoms with Crippen LogP contribution in [0.1, 0.15) is 19.3 Å². The number of para-hydroxylation sites is 1. The van der Waals surface area contributed by atoms with E-state index in [-0.39, 0.29) is 51.9 Å². The van der Waals surface area contributed by atoms with Crippen LogP contribution in [0.2, 0.25) is 0 Å². The maximum absolute atomic E-state index is 15.4. The third-order valence-electron chi connectivity index (χ3n) is 7.13. The Morgan fingerprint density at radius 1 is 1.17 bits per heavy atom. The molecule has 2 N–H and O–H groups in total. The second-order valence-corrected chi connectivity index (χ2v) is 10.2. The molecule has 41 heavy (non-hydrogen) atoms. The number of hydrogen-bond acceptors (Lipinski definition) is 7. The van der Waals surface area contributed by atoms with E-state index < -0.39 is 36.7 Å². The van der Waals surface area contributed by atoms with E-state index in [2.05, 4.69) is 15.1 Å². The van der Waals surface area contributed by atoms with Crippen molar-refractivity contribution < 1.29 is 22.7 Å². The molecule has 1 aliphatic carbocycles. The summed E-state index contributed by atoms with van der Waals surface area (Å²) in [4.78, 5) is 22.4. The number of alkyl halides is 2. The number of nitriles is 1. The molecular formula is C29H24F3N7O2. The number of allylic oxidation sites excluding steroid dienone is 1. The van der Waals surface area contributed by atoms with E-state index in [1.165, 1.54) is 23.1 Å². The van der Waals surface area contributed by atoms with Gasteiger partial charge in [-0.3, -0.25) is 4.79 Å². The third kappa shape index (κ3) is 5.30. The van der Waals surface area contributed by atoms with Crippen molar-refractivity contribution in [3.8, 4) is 28.8 Å². The lowest BCUT2D eigenvalue weighted by Crippen LogP contribution is -2.39. The second kappa shape index (κ2) is 10.2. The van der Waals surface area contributed by atoms with Crippen molar-refractivity contribution in [2.75, 3.05) is 12.3 Å². The Morgan fingerprint density at radius 2 is 1.95 bits per heavy atom. The maximum atomic E-state index is 15.4. The van der Waals surface area contributed by atoms with Crippen molar-refractivity contribution in [1.29, 1.82) is 5.26 Å². The molecule has 2 fully saturated rings. The maximum Gasteiger partial charge on any atom is 0.267 e. The number of nitrogens with two attached hydrogens (primary N) is 1. The van der Waals surface area contributed by atoms with Gasteiger partial charge in [0.1, 0.15) is 46.8 Å². The Labute approximate surface area is 232 Å². The van der Waals surface area contributed by atoms with Gasteiger partial charge in [0, 0.05) is 18.1 Å². The molecule has 0 bridgehead atoms. The number of anilines is 1. The van der Waals surface area contributed by atoms with Crippen LogP contribution in [0.4, 0.5) is 19.0 Å². The number of halogens is 3. The molecule has 1 saturated carbocycles. The summed E-state index contributed by atoms with van der Waals surface area (Å²) in [5, 5.41) is 14.3. The van der Waals surface area contributed by atoms with E-state index in [0.717, 1.165) is 17.7 Å². The largest absolute Gasteiger partial charge is 0.457 e. The molecule has 1 saturated heterocycles. The molecule has 3 heterocycles. The summed E-state index contributed by atoms with van der Waals surface area (Å²) in [6.07, 6.45) is 3.84. The number of ether oxygens (including phenoxy) is 1. The number of rotatable bonds is 7. The van der Waals surface area contributed by atoms with Crippen LogP contribution in [-0.2, 0) is 11.3 Å². The highest BCUT2D eigenvalue weighted by Crippen LogP contribution is 2.38. The Kier molecular flexibility index (Phi) is 6.57. The van der Waals surface area contributed by atoms with Crippen molar-refractivity contribution in [3.05, 3.63) is 72.3 Å². The number of likely N-dealkylation sites (tertiary alicyclic amines) is 1. The third-order valence-corrected chi connectivity index (χ3v) is 7.13. The first kappa shape index (κ1) is 26.3. The monoisotopic (exact) mass is 559 g/mol. The first-order chi connectivity index (χ1) is 19.7. The fraction of sp³-hybridized carbons (Fsp3) is 0.276. The van der Waals surface area contributed by atoms with Gasteiger partial charge >= 0.3 is 0 Å². The standard InChI is InChI=1S/C29H24F3N7O2/c30-23-11-21(41-20-4-2-1-3-5-20)8-9-22(23)25-24-26(34)35-16-36-27(24)39(37-25)14-19-12-29(31,32)15-38(19)28(40)18(13-33)10-17-6-7-17/h1-5,8-11,16-17,19H,6-7,12,14-15H2,(H2,34,35,36)/b18-10+/t19-/m1/s1. The molecule has 2 aliphatic rings. The normalized spacial score (nSPS) is 18.4. The van der Waals surface area contributed by atoms with Gasteiger partial charge in [-0.25, -0.2) is 27.8 Å². The van der Waals surface area contributed by atoms with E-state index >= 15 is 4.39 Å². The molecule has 9 nitrogen and oxygen atoms in total. The summed E-state index contributed by atoms with van der Waals surface area (Å²) in [7, 11) is 0. The van der Waals surface area contributed by atoms with E-state index in [0.29, 0.717) is 5.75 Å². The molecule has 1 aliphatic heterocycles. The minimum Gasteiger partial charge on any atom is -0.457 e. The summed E-state index contributed by atoms with van der Waals surface area (Å²) in [5.41, 5.74) is 6.41. The summed E-state index contributed by atoms with van der Waals surface area (Å²) in [6.45, 7) is -0.992. The lowest BCUT2D eigenvalue weighted by molar-refractivity contribution is -0.128. The van der Waals surface area contributed by atoms with E-state index in [1.54, 1.807) is 36.4 Å². The Hall–Kier alpha value is -4.92. The van der Waals surface area contributed by atoms with Crippen LogP contribution in [0.15, 0.2) is 66.5 Å². The average molecular weight is 560 g/mol. The van der Waals surface area contributed by atoms with Gasteiger partial charge in [-0.1, -0.05) is 24.3 Å². The van der Waals surface area contributed by atoms with Gasteiger partial charge in [-0.05, 0) is 43.0 Å². The van der Waals surface area contributed by atoms with Gasteiger partial charge in [0.25, 0.3) is 11.8 Å². The Bertz CT molecular complexity index is 1710. The van der Waals surface area contributed by atoms with Gasteiger partial charge in [-0.2, -0.15) is 10.4 Å². The topological polar surface area (TPSA) is 123 Å². The number of nitrogen functional groups attached to an aromatic ring is 1. The number of benzene rings is 2. The minimum absolute atomic E-state index is 0.0316. The van der Waals surface area contributed by atoms with Crippen molar-refractivity contribution in [2.24, 2.45) is 5.92 Å². The zero-order valence-corrected chi connectivity index (χ0v) is 21.7. The van der Waals surface area contributed by atoms with Gasteiger partial charge in [0.2, 0.25) is 0 Å². The number of carbonyl (C=O) groups is 1. The van der Waals surface area contributed by atoms with Gasteiger partial charge in [0.15, 0.2) is 5.65 Å². The van der Waals surface area contributed by atoms with Crippen LogP contribution >= 0.6 is 0 Å². The SMILES string of the molecule is N#C/C(=C\C1CC1)C(=O)N1CC(F)(F)C[C@@H]1Cn1nc(-c2ccc(Oc3ccccc3)cc2F)c2c(N)ncnc21. The van der Waals surface area contributed by atoms with Crippen LogP contribution in [0.25, 0.3) is 22.3 Å². The Balaban J connectivity index is 1.34. The highest BCUT2D eigenvalue weighted by atomic mass is 19.3. The Morgan fingerprint density at radius 3 is 2.66 bits per heavy atom. The highest BCUT2D eigenvalue weighted by Gasteiger charge is 2.48. The first-order valence-corrected chi connectivity index (χ1v) is 13.0. The van der Waals surface area contributed by atoms with Gasteiger partial charge in [0.05, 0.1) is 24.5 Å². The molecule has 2 aromatic carbocycles. The number of amides is 1. The molecule has 12 heteroatoms. The quantitative estimate of drug-likeness (QED) is 0.247. The average Bonchev–Trinajstić information content (AvgIpc) is 3.62. The lowest BCUT2D eigenvalue weighted by Gasteiger charge is -2.23. The van der Waals surface area contributed by atoms with Crippen LogP contribution in [-0.4, -0.2) is 49.1 Å². The number of aromatic nitrogens is 4. The van der Waals surface area contributed by atoms with Crippen LogP contribution in [0, 0.1) is 23.1 Å². The van der Waals surface area contributed by atoms with E-state index in [1.807, 2.05) is 12.1 Å². The van der Waals surface area contributed by atoms with Crippen molar-refractivity contribution in [3.63, 3.8) is 0 Å². The number of hydrogen-bond donors (Lipinski definition) is 1. The lowest BCUT2D eigenvalue weighted by atomic mass is 10.1. The molecule has 1 amide bonds. The number of nitrogens with zero attached hydrogens (tertiary/aromatic N) is 6. The first-order valence-electron chi connectivity index (χ1n) is 13.0. The molecule has 0 spiro atoms. The molecule has 2 aromatic heterocycles. The fourth-order valence-corrected chi connectivity index (χ4v) is 5.03. The van der Waals surface area contributed by atoms with Crippen molar-refractivity contribution in [1.82, 2.24) is 24.6 Å². The summed E-state index contributed by atoms with van der Waals surface area (Å²) in [6, 6.07) is 14.0. The number of fused-ring (bicyclic) bond motifs is 1. The molecular weight excluding hydrogens is 535 g/mol. The van der Waals surface area contributed by atoms with Gasteiger partial charge in [-0.15, -0.1) is 0 Å². The smallest absolute Gasteiger partial charge is 0.267 e. The predicted molar refractivity (Wildman–Crippen MR) is 143 cm³/mol. The van der Waals surface area contributed by atoms with E-state index in [4.69, 9.17) is 10.5 Å². The zero-order valence-electron chi connectivity index (χ0n) is 21.7. The van der Waals surface area contributed by atoms with Crippen molar-refractivity contribution >= 4 is 22.8 Å². The molecule has 1 atom stereocenters. The summed E-state index contributed by atoms with van der Waals surface area (Å²) in [5.74, 6) is -3.60. The highest BCUT2D eigenvalue weighted by molar-refractivity contribution is 5.99. The summed E-state index contributed by atoms with van der Waals surface area (Å²) < 4.78 is 51.7. The molecule has 0 unspecified atom stereocenters. The van der Waals surface area contributed by atoms with Crippen LogP contribution in [0.5, 0.6) is 11.5 Å². The van der Waals surface area contributed by atoms with Gasteiger partial charge < -0.3 is 15.4 Å². The second-order valence-electron chi connectivity index (χ2n) is 10.2. The van der Waals surface area contributed by atoms with Crippen molar-refractivity contribution in [2.45, 2.75) is 37.8 Å². The summed E-state index contributed by atoms with van der Waals surface area (Å²) >= 11 is 0. The van der Waals surface area contributed by atoms with Crippen LogP contribution < -0.4 is 10.5 Å². The molecule has 0 radical (unpaired) electrons.